The zero-order valence-corrected chi connectivity index (χ0v) is 18.4. The van der Waals surface area contributed by atoms with E-state index in [1.807, 2.05) is 0 Å². The van der Waals surface area contributed by atoms with Crippen molar-refractivity contribution < 1.29 is 22.7 Å². The Morgan fingerprint density at radius 2 is 1.94 bits per heavy atom. The maximum atomic E-state index is 13.3. The Morgan fingerprint density at radius 1 is 1.16 bits per heavy atom. The maximum Gasteiger partial charge on any atom is 0.253 e. The van der Waals surface area contributed by atoms with Gasteiger partial charge >= 0.3 is 0 Å². The lowest BCUT2D eigenvalue weighted by Crippen LogP contribution is -2.45. The zero-order chi connectivity index (χ0) is 22.0. The fourth-order valence-corrected chi connectivity index (χ4v) is 6.16. The second-order valence-corrected chi connectivity index (χ2v) is 10.3. The van der Waals surface area contributed by atoms with E-state index < -0.39 is 16.3 Å². The lowest BCUT2D eigenvalue weighted by molar-refractivity contribution is -0.120. The maximum absolute atomic E-state index is 13.3. The fourth-order valence-electron chi connectivity index (χ4n) is 4.65. The standard InChI is InChI=1S/C22H29N3O5S/c1-2-20(26)23-21-14-16-9-12-25(15-19(16)30-21)31(28,29)18-8-6-7-17(13-18)22(27)24-10-4-3-5-11-24/h2,6-8,13,16,19,21H,1,3-5,9-12,14-15H2,(H,23,26). The first-order valence-corrected chi connectivity index (χ1v) is 12.3. The van der Waals surface area contributed by atoms with Gasteiger partial charge in [-0.2, -0.15) is 4.31 Å². The van der Waals surface area contributed by atoms with Gasteiger partial charge in [0.15, 0.2) is 0 Å². The van der Waals surface area contributed by atoms with Gasteiger partial charge in [-0.3, -0.25) is 9.59 Å². The summed E-state index contributed by atoms with van der Waals surface area (Å²) in [7, 11) is -3.75. The summed E-state index contributed by atoms with van der Waals surface area (Å²) in [5.41, 5.74) is 0.405. The molecule has 1 aromatic rings. The Bertz CT molecular complexity index is 958. The number of piperidine rings is 2. The molecule has 3 unspecified atom stereocenters. The van der Waals surface area contributed by atoms with Gasteiger partial charge in [-0.25, -0.2) is 8.42 Å². The summed E-state index contributed by atoms with van der Waals surface area (Å²) in [4.78, 5) is 26.3. The number of sulfonamides is 1. The molecule has 3 saturated heterocycles. The first-order chi connectivity index (χ1) is 14.9. The van der Waals surface area contributed by atoms with E-state index in [2.05, 4.69) is 11.9 Å². The van der Waals surface area contributed by atoms with Crippen LogP contribution >= 0.6 is 0 Å². The van der Waals surface area contributed by atoms with E-state index in [1.54, 1.807) is 17.0 Å². The van der Waals surface area contributed by atoms with Crippen molar-refractivity contribution in [2.75, 3.05) is 26.2 Å². The summed E-state index contributed by atoms with van der Waals surface area (Å²) in [6.07, 6.45) is 4.91. The highest BCUT2D eigenvalue weighted by atomic mass is 32.2. The third-order valence-corrected chi connectivity index (χ3v) is 8.23. The van der Waals surface area contributed by atoms with Crippen LogP contribution in [0.1, 0.15) is 42.5 Å². The molecule has 0 aliphatic carbocycles. The Morgan fingerprint density at radius 3 is 2.68 bits per heavy atom. The van der Waals surface area contributed by atoms with Gasteiger partial charge in [0, 0.05) is 31.7 Å². The highest BCUT2D eigenvalue weighted by molar-refractivity contribution is 7.89. The number of nitrogens with zero attached hydrogens (tertiary/aromatic N) is 2. The molecule has 8 nitrogen and oxygen atoms in total. The lowest BCUT2D eigenvalue weighted by atomic mass is 9.94. The monoisotopic (exact) mass is 447 g/mol. The molecule has 31 heavy (non-hydrogen) atoms. The first kappa shape index (κ1) is 22.0. The van der Waals surface area contributed by atoms with Crippen molar-refractivity contribution in [3.8, 4) is 0 Å². The molecule has 3 aliphatic heterocycles. The van der Waals surface area contributed by atoms with E-state index in [-0.39, 0.29) is 35.3 Å². The van der Waals surface area contributed by atoms with Crippen molar-refractivity contribution in [3.05, 3.63) is 42.5 Å². The van der Waals surface area contributed by atoms with Crippen LogP contribution in [-0.4, -0.2) is 67.9 Å². The topological polar surface area (TPSA) is 96.0 Å². The second kappa shape index (κ2) is 9.10. The number of carbonyl (C=O) groups excluding carboxylic acids is 2. The number of fused-ring (bicyclic) bond motifs is 1. The van der Waals surface area contributed by atoms with E-state index >= 15 is 0 Å². The molecule has 4 rings (SSSR count). The van der Waals surface area contributed by atoms with Crippen LogP contribution in [0, 0.1) is 5.92 Å². The van der Waals surface area contributed by atoms with E-state index in [9.17, 15) is 18.0 Å². The van der Waals surface area contributed by atoms with Crippen molar-refractivity contribution >= 4 is 21.8 Å². The van der Waals surface area contributed by atoms with Gasteiger partial charge < -0.3 is 15.0 Å². The van der Waals surface area contributed by atoms with E-state index in [0.29, 0.717) is 38.0 Å². The quantitative estimate of drug-likeness (QED) is 0.694. The number of carbonyl (C=O) groups is 2. The average Bonchev–Trinajstić information content (AvgIpc) is 3.20. The largest absolute Gasteiger partial charge is 0.354 e. The highest BCUT2D eigenvalue weighted by Crippen LogP contribution is 2.34. The third kappa shape index (κ3) is 4.68. The normalized spacial score (nSPS) is 26.8. The summed E-state index contributed by atoms with van der Waals surface area (Å²) in [5.74, 6) is -0.215. The molecule has 0 radical (unpaired) electrons. The van der Waals surface area contributed by atoms with Gasteiger partial charge in [0.1, 0.15) is 6.23 Å². The molecule has 0 saturated carbocycles. The Labute approximate surface area is 183 Å². The number of likely N-dealkylation sites (tertiary alicyclic amines) is 1. The van der Waals surface area contributed by atoms with Crippen LogP contribution in [0.3, 0.4) is 0 Å². The predicted molar refractivity (Wildman–Crippen MR) is 115 cm³/mol. The molecule has 9 heteroatoms. The molecular formula is C22H29N3O5S. The lowest BCUT2D eigenvalue weighted by Gasteiger charge is -2.33. The summed E-state index contributed by atoms with van der Waals surface area (Å²) >= 11 is 0. The van der Waals surface area contributed by atoms with Crippen molar-refractivity contribution in [2.24, 2.45) is 5.92 Å². The average molecular weight is 448 g/mol. The fraction of sp³-hybridized carbons (Fsp3) is 0.545. The van der Waals surface area contributed by atoms with Gasteiger partial charge in [0.2, 0.25) is 15.9 Å². The van der Waals surface area contributed by atoms with Crippen LogP contribution in [0.15, 0.2) is 41.8 Å². The number of nitrogens with one attached hydrogen (secondary N) is 1. The van der Waals surface area contributed by atoms with E-state index in [0.717, 1.165) is 19.3 Å². The number of hydrogen-bond donors (Lipinski definition) is 1. The summed E-state index contributed by atoms with van der Waals surface area (Å²) in [6.45, 7) is 5.49. The molecule has 2 amide bonds. The summed E-state index contributed by atoms with van der Waals surface area (Å²) in [5, 5.41) is 2.73. The first-order valence-electron chi connectivity index (χ1n) is 10.9. The van der Waals surface area contributed by atoms with Crippen LogP contribution in [0.25, 0.3) is 0 Å². The highest BCUT2D eigenvalue weighted by Gasteiger charge is 2.42. The molecule has 1 N–H and O–H groups in total. The smallest absolute Gasteiger partial charge is 0.253 e. The predicted octanol–water partition coefficient (Wildman–Crippen LogP) is 1.74. The van der Waals surface area contributed by atoms with Crippen LogP contribution in [-0.2, 0) is 19.6 Å². The zero-order valence-electron chi connectivity index (χ0n) is 17.5. The molecule has 1 aromatic carbocycles. The van der Waals surface area contributed by atoms with Gasteiger partial charge in [0.25, 0.3) is 5.91 Å². The van der Waals surface area contributed by atoms with Crippen LogP contribution in [0.4, 0.5) is 0 Å². The second-order valence-electron chi connectivity index (χ2n) is 8.40. The minimum absolute atomic E-state index is 0.115. The van der Waals surface area contributed by atoms with Gasteiger partial charge in [-0.1, -0.05) is 12.6 Å². The minimum atomic E-state index is -3.75. The molecule has 0 spiro atoms. The van der Waals surface area contributed by atoms with E-state index in [1.165, 1.54) is 22.5 Å². The Hall–Kier alpha value is -2.23. The molecule has 3 fully saturated rings. The SMILES string of the molecule is C=CC(=O)NC1CC2CCN(S(=O)(=O)c3cccc(C(=O)N4CCCCC4)c3)CC2O1. The number of hydrogen-bond acceptors (Lipinski definition) is 5. The number of amides is 2. The van der Waals surface area contributed by atoms with E-state index in [4.69, 9.17) is 4.74 Å². The number of rotatable bonds is 5. The van der Waals surface area contributed by atoms with Crippen molar-refractivity contribution in [1.82, 2.24) is 14.5 Å². The van der Waals surface area contributed by atoms with Gasteiger partial charge in [-0.05, 0) is 62.3 Å². The molecule has 0 bridgehead atoms. The van der Waals surface area contributed by atoms with Crippen LogP contribution in [0.2, 0.25) is 0 Å². The molecular weight excluding hydrogens is 418 g/mol. The van der Waals surface area contributed by atoms with Gasteiger partial charge in [0.05, 0.1) is 11.0 Å². The summed E-state index contributed by atoms with van der Waals surface area (Å²) < 4.78 is 33.9. The minimum Gasteiger partial charge on any atom is -0.354 e. The molecule has 3 atom stereocenters. The molecule has 168 valence electrons. The molecule has 3 aliphatic rings. The van der Waals surface area contributed by atoms with Crippen LogP contribution < -0.4 is 5.32 Å². The third-order valence-electron chi connectivity index (χ3n) is 6.37. The van der Waals surface area contributed by atoms with Crippen molar-refractivity contribution in [2.45, 2.75) is 49.3 Å². The number of ether oxygens (including phenoxy) is 1. The Kier molecular flexibility index (Phi) is 6.45. The summed E-state index contributed by atoms with van der Waals surface area (Å²) in [6, 6.07) is 6.33. The van der Waals surface area contributed by atoms with Crippen molar-refractivity contribution in [3.63, 3.8) is 0 Å². The van der Waals surface area contributed by atoms with Crippen molar-refractivity contribution in [1.29, 1.82) is 0 Å². The van der Waals surface area contributed by atoms with Gasteiger partial charge in [-0.15, -0.1) is 0 Å². The van der Waals surface area contributed by atoms with Crippen LogP contribution in [0.5, 0.6) is 0 Å². The number of benzene rings is 1. The molecule has 0 aromatic heterocycles. The molecule has 3 heterocycles. The Balaban J connectivity index is 1.46.